The molecule has 1 aliphatic rings. The lowest BCUT2D eigenvalue weighted by atomic mass is 9.88. The zero-order valence-corrected chi connectivity index (χ0v) is 20.0. The predicted molar refractivity (Wildman–Crippen MR) is 129 cm³/mol. The number of nitrogens with zero attached hydrogens (tertiary/aromatic N) is 2. The van der Waals surface area contributed by atoms with E-state index in [1.807, 2.05) is 12.1 Å². The minimum absolute atomic E-state index is 0.0362. The van der Waals surface area contributed by atoms with Crippen LogP contribution in [0.3, 0.4) is 0 Å². The number of hydrogen-bond acceptors (Lipinski definition) is 5. The monoisotopic (exact) mass is 489 g/mol. The summed E-state index contributed by atoms with van der Waals surface area (Å²) < 4.78 is 23.3. The number of anilines is 1. The highest BCUT2D eigenvalue weighted by atomic mass is 35.5. The molecule has 0 bridgehead atoms. The van der Waals surface area contributed by atoms with E-state index >= 15 is 0 Å². The Kier molecular flexibility index (Phi) is 6.67. The van der Waals surface area contributed by atoms with Crippen LogP contribution in [0.15, 0.2) is 53.4 Å². The lowest BCUT2D eigenvalue weighted by Gasteiger charge is -2.24. The first-order valence-corrected chi connectivity index (χ1v) is 13.2. The summed E-state index contributed by atoms with van der Waals surface area (Å²) in [6.45, 7) is 0. The molecular formula is C23H24ClN3O3S2. The smallest absolute Gasteiger partial charge is 0.238 e. The summed E-state index contributed by atoms with van der Waals surface area (Å²) in [4.78, 5) is 20.4. The Morgan fingerprint density at radius 2 is 1.62 bits per heavy atom. The second-order valence-electron chi connectivity index (χ2n) is 7.98. The molecule has 9 heteroatoms. The molecule has 0 radical (unpaired) electrons. The first kappa shape index (κ1) is 22.9. The van der Waals surface area contributed by atoms with Gasteiger partial charge in [-0.1, -0.05) is 66.5 Å². The van der Waals surface area contributed by atoms with E-state index in [9.17, 15) is 13.2 Å². The van der Waals surface area contributed by atoms with Gasteiger partial charge in [0, 0.05) is 23.6 Å². The van der Waals surface area contributed by atoms with Gasteiger partial charge >= 0.3 is 0 Å². The number of carbonyl (C=O) groups excluding carboxylic acids is 1. The molecule has 0 atom stereocenters. The molecule has 0 aliphatic heterocycles. The highest BCUT2D eigenvalue weighted by molar-refractivity contribution is 7.89. The van der Waals surface area contributed by atoms with Gasteiger partial charge in [0.15, 0.2) is 5.13 Å². The van der Waals surface area contributed by atoms with E-state index in [2.05, 4.69) is 0 Å². The Morgan fingerprint density at radius 1 is 1.03 bits per heavy atom. The van der Waals surface area contributed by atoms with E-state index in [1.165, 1.54) is 29.9 Å². The SMILES string of the molecule is CN(C(=O)C1CCCCC1)c1nc(-c2ccc(Cl)cc2)c(-c2ccc(S(N)(=O)=O)cc2)s1. The fourth-order valence-corrected chi connectivity index (χ4v) is 5.67. The van der Waals surface area contributed by atoms with Crippen LogP contribution < -0.4 is 10.0 Å². The van der Waals surface area contributed by atoms with Gasteiger partial charge in [0.2, 0.25) is 15.9 Å². The fraction of sp³-hybridized carbons (Fsp3) is 0.304. The molecule has 0 unspecified atom stereocenters. The van der Waals surface area contributed by atoms with Crippen molar-refractivity contribution in [2.45, 2.75) is 37.0 Å². The number of benzene rings is 2. The molecule has 1 fully saturated rings. The minimum atomic E-state index is -3.78. The Hall–Kier alpha value is -2.26. The summed E-state index contributed by atoms with van der Waals surface area (Å²) >= 11 is 7.47. The van der Waals surface area contributed by atoms with Crippen LogP contribution in [0.4, 0.5) is 5.13 Å². The molecular weight excluding hydrogens is 466 g/mol. The standard InChI is InChI=1S/C23H24ClN3O3S2/c1-27(22(28)17-5-3-2-4-6-17)23-26-20(15-7-11-18(24)12-8-15)21(31-23)16-9-13-19(14-10-16)32(25,29)30/h7-14,17H,2-6H2,1H3,(H2,25,29,30). The molecule has 0 saturated heterocycles. The first-order chi connectivity index (χ1) is 15.2. The molecule has 2 aromatic carbocycles. The predicted octanol–water partition coefficient (Wildman–Crippen LogP) is 5.32. The molecule has 168 valence electrons. The zero-order chi connectivity index (χ0) is 22.9. The van der Waals surface area contributed by atoms with Crippen molar-refractivity contribution in [3.8, 4) is 21.7 Å². The molecule has 1 amide bonds. The number of thiazole rings is 1. The van der Waals surface area contributed by atoms with Crippen molar-refractivity contribution in [1.82, 2.24) is 4.98 Å². The van der Waals surface area contributed by atoms with Crippen LogP contribution in [0.1, 0.15) is 32.1 Å². The molecule has 1 heterocycles. The maximum absolute atomic E-state index is 13.1. The number of amides is 1. The molecule has 6 nitrogen and oxygen atoms in total. The molecule has 1 saturated carbocycles. The van der Waals surface area contributed by atoms with Gasteiger partial charge in [0.25, 0.3) is 0 Å². The van der Waals surface area contributed by atoms with E-state index in [4.69, 9.17) is 21.7 Å². The van der Waals surface area contributed by atoms with Gasteiger partial charge in [-0.2, -0.15) is 0 Å². The lowest BCUT2D eigenvalue weighted by Crippen LogP contribution is -2.33. The summed E-state index contributed by atoms with van der Waals surface area (Å²) in [5.74, 6) is 0.131. The maximum Gasteiger partial charge on any atom is 0.238 e. The molecule has 3 aromatic rings. The summed E-state index contributed by atoms with van der Waals surface area (Å²) in [7, 11) is -2.01. The van der Waals surface area contributed by atoms with Crippen molar-refractivity contribution in [1.29, 1.82) is 0 Å². The third-order valence-corrected chi connectivity index (χ3v) is 8.11. The number of nitrogens with two attached hydrogens (primary N) is 1. The highest BCUT2D eigenvalue weighted by Gasteiger charge is 2.27. The highest BCUT2D eigenvalue weighted by Crippen LogP contribution is 2.41. The Balaban J connectivity index is 1.75. The molecule has 1 aromatic heterocycles. The number of carbonyl (C=O) groups is 1. The van der Waals surface area contributed by atoms with Crippen LogP contribution in [0, 0.1) is 5.92 Å². The topological polar surface area (TPSA) is 93.4 Å². The van der Waals surface area contributed by atoms with Crippen LogP contribution in [0.5, 0.6) is 0 Å². The van der Waals surface area contributed by atoms with Gasteiger partial charge < -0.3 is 0 Å². The van der Waals surface area contributed by atoms with Gasteiger partial charge in [0.05, 0.1) is 15.5 Å². The Labute approximate surface area is 197 Å². The molecule has 1 aliphatic carbocycles. The molecule has 32 heavy (non-hydrogen) atoms. The van der Waals surface area contributed by atoms with Crippen LogP contribution in [-0.2, 0) is 14.8 Å². The van der Waals surface area contributed by atoms with Crippen molar-refractivity contribution in [2.24, 2.45) is 11.1 Å². The van der Waals surface area contributed by atoms with Crippen molar-refractivity contribution in [2.75, 3.05) is 11.9 Å². The van der Waals surface area contributed by atoms with Crippen LogP contribution in [0.2, 0.25) is 5.02 Å². The van der Waals surface area contributed by atoms with Crippen LogP contribution >= 0.6 is 22.9 Å². The Morgan fingerprint density at radius 3 is 2.22 bits per heavy atom. The number of aromatic nitrogens is 1. The molecule has 2 N–H and O–H groups in total. The lowest BCUT2D eigenvalue weighted by molar-refractivity contribution is -0.123. The molecule has 4 rings (SSSR count). The summed E-state index contributed by atoms with van der Waals surface area (Å²) in [5.41, 5.74) is 2.37. The third-order valence-electron chi connectivity index (χ3n) is 5.75. The number of rotatable bonds is 5. The fourth-order valence-electron chi connectivity index (χ4n) is 3.97. The van der Waals surface area contributed by atoms with E-state index in [0.717, 1.165) is 41.7 Å². The van der Waals surface area contributed by atoms with Gasteiger partial charge in [-0.05, 0) is 42.7 Å². The largest absolute Gasteiger partial charge is 0.291 e. The number of halogens is 1. The second kappa shape index (κ2) is 9.31. The van der Waals surface area contributed by atoms with Crippen molar-refractivity contribution >= 4 is 44.0 Å². The Bertz CT molecular complexity index is 1220. The van der Waals surface area contributed by atoms with Gasteiger partial charge in [-0.15, -0.1) is 0 Å². The van der Waals surface area contributed by atoms with E-state index in [1.54, 1.807) is 36.2 Å². The number of hydrogen-bond donors (Lipinski definition) is 1. The van der Waals surface area contributed by atoms with Crippen molar-refractivity contribution in [3.63, 3.8) is 0 Å². The van der Waals surface area contributed by atoms with Crippen LogP contribution in [-0.4, -0.2) is 26.4 Å². The van der Waals surface area contributed by atoms with Crippen molar-refractivity contribution in [3.05, 3.63) is 53.6 Å². The quantitative estimate of drug-likeness (QED) is 0.524. The van der Waals surface area contributed by atoms with E-state index in [0.29, 0.717) is 15.8 Å². The van der Waals surface area contributed by atoms with Crippen LogP contribution in [0.25, 0.3) is 21.7 Å². The second-order valence-corrected chi connectivity index (χ2v) is 11.0. The summed E-state index contributed by atoms with van der Waals surface area (Å²) in [6, 6.07) is 13.7. The van der Waals surface area contributed by atoms with Crippen molar-refractivity contribution < 1.29 is 13.2 Å². The summed E-state index contributed by atoms with van der Waals surface area (Å²) in [5, 5.41) is 6.46. The van der Waals surface area contributed by atoms with Gasteiger partial charge in [-0.25, -0.2) is 18.5 Å². The van der Waals surface area contributed by atoms with Gasteiger partial charge in [-0.3, -0.25) is 9.69 Å². The molecule has 0 spiro atoms. The summed E-state index contributed by atoms with van der Waals surface area (Å²) in [6.07, 6.45) is 5.19. The minimum Gasteiger partial charge on any atom is -0.291 e. The van der Waals surface area contributed by atoms with E-state index in [-0.39, 0.29) is 16.7 Å². The maximum atomic E-state index is 13.1. The third kappa shape index (κ3) is 4.88. The average molecular weight is 490 g/mol. The average Bonchev–Trinajstić information content (AvgIpc) is 3.24. The van der Waals surface area contributed by atoms with E-state index < -0.39 is 10.0 Å². The zero-order valence-electron chi connectivity index (χ0n) is 17.6. The van der Waals surface area contributed by atoms with Gasteiger partial charge in [0.1, 0.15) is 0 Å². The number of primary sulfonamides is 1. The first-order valence-electron chi connectivity index (χ1n) is 10.4. The normalized spacial score (nSPS) is 15.0. The number of sulfonamides is 1.